The first-order valence-electron chi connectivity index (χ1n) is 10.0. The average Bonchev–Trinajstić information content (AvgIpc) is 2.80. The van der Waals surface area contributed by atoms with Gasteiger partial charge in [-0.2, -0.15) is 0 Å². The van der Waals surface area contributed by atoms with E-state index in [-0.39, 0.29) is 28.5 Å². The van der Waals surface area contributed by atoms with Gasteiger partial charge in [-0.3, -0.25) is 4.79 Å². The first kappa shape index (κ1) is 24.1. The molecule has 0 fully saturated rings. The highest BCUT2D eigenvalue weighted by atomic mass is 35.5. The van der Waals surface area contributed by atoms with Gasteiger partial charge in [0.2, 0.25) is 0 Å². The highest BCUT2D eigenvalue weighted by Crippen LogP contribution is 2.29. The number of rotatable bonds is 8. The van der Waals surface area contributed by atoms with Crippen LogP contribution in [-0.2, 0) is 25.5 Å². The second kappa shape index (κ2) is 10.8. The van der Waals surface area contributed by atoms with Crippen LogP contribution in [0.5, 0.6) is 5.75 Å². The van der Waals surface area contributed by atoms with E-state index < -0.39 is 42.9 Å². The molecular formula is C23H22ClFN2O6. The summed E-state index contributed by atoms with van der Waals surface area (Å²) in [6.45, 7) is 1.32. The smallest absolute Gasteiger partial charge is 0.338 e. The molecule has 1 unspecified atom stereocenters. The molecule has 2 N–H and O–H groups in total. The minimum Gasteiger partial charge on any atom is -0.497 e. The standard InChI is InChI=1S/C23H22ClFN2O6/c1-3-32-22(29)20-18(12-33-19(28)11-15-16(24)5-4-6-17(15)25)26-23(30)27-21(20)13-7-9-14(31-2)10-8-13/h4-10,21H,3,11-12H2,1-2H3,(H2,26,27,30). The monoisotopic (exact) mass is 476 g/mol. The number of ether oxygens (including phenoxy) is 3. The predicted octanol–water partition coefficient (Wildman–Crippen LogP) is 3.44. The predicted molar refractivity (Wildman–Crippen MR) is 117 cm³/mol. The third-order valence-corrected chi connectivity index (χ3v) is 5.21. The van der Waals surface area contributed by atoms with Crippen molar-refractivity contribution in [3.05, 3.63) is 75.7 Å². The fraction of sp³-hybridized carbons (Fsp3) is 0.261. The fourth-order valence-electron chi connectivity index (χ4n) is 3.28. The molecule has 33 heavy (non-hydrogen) atoms. The van der Waals surface area contributed by atoms with Crippen molar-refractivity contribution in [1.82, 2.24) is 10.6 Å². The largest absolute Gasteiger partial charge is 0.497 e. The summed E-state index contributed by atoms with van der Waals surface area (Å²) in [5, 5.41) is 5.26. The molecule has 8 nitrogen and oxygen atoms in total. The number of nitrogens with one attached hydrogen (secondary N) is 2. The Morgan fingerprint density at radius 1 is 1.12 bits per heavy atom. The third kappa shape index (κ3) is 5.81. The molecule has 0 spiro atoms. The van der Waals surface area contributed by atoms with Crippen LogP contribution in [0.1, 0.15) is 24.1 Å². The van der Waals surface area contributed by atoms with Gasteiger partial charge in [0.05, 0.1) is 37.4 Å². The SMILES string of the molecule is CCOC(=O)C1=C(COC(=O)Cc2c(F)cccc2Cl)NC(=O)NC1c1ccc(OC)cc1. The van der Waals surface area contributed by atoms with Gasteiger partial charge in [-0.1, -0.05) is 29.8 Å². The van der Waals surface area contributed by atoms with Gasteiger partial charge in [-0.05, 0) is 36.8 Å². The van der Waals surface area contributed by atoms with Gasteiger partial charge in [0.25, 0.3) is 0 Å². The van der Waals surface area contributed by atoms with E-state index in [9.17, 15) is 18.8 Å². The molecule has 2 amide bonds. The highest BCUT2D eigenvalue weighted by molar-refractivity contribution is 6.31. The first-order chi connectivity index (χ1) is 15.8. The van der Waals surface area contributed by atoms with Crippen LogP contribution in [0.4, 0.5) is 9.18 Å². The molecule has 2 aromatic carbocycles. The molecule has 0 bridgehead atoms. The summed E-state index contributed by atoms with van der Waals surface area (Å²) in [6.07, 6.45) is -0.415. The molecule has 174 valence electrons. The van der Waals surface area contributed by atoms with Gasteiger partial charge < -0.3 is 24.8 Å². The zero-order valence-corrected chi connectivity index (χ0v) is 18.7. The van der Waals surface area contributed by atoms with E-state index >= 15 is 0 Å². The van der Waals surface area contributed by atoms with E-state index in [0.29, 0.717) is 11.3 Å². The molecule has 0 saturated carbocycles. The van der Waals surface area contributed by atoms with Crippen molar-refractivity contribution >= 4 is 29.6 Å². The van der Waals surface area contributed by atoms with E-state index in [1.54, 1.807) is 31.2 Å². The number of urea groups is 1. The van der Waals surface area contributed by atoms with E-state index in [1.807, 2.05) is 0 Å². The number of esters is 2. The number of amides is 2. The number of carbonyl (C=O) groups is 3. The molecular weight excluding hydrogens is 455 g/mol. The lowest BCUT2D eigenvalue weighted by atomic mass is 9.95. The van der Waals surface area contributed by atoms with Crippen molar-refractivity contribution in [3.63, 3.8) is 0 Å². The van der Waals surface area contributed by atoms with Crippen LogP contribution in [0.25, 0.3) is 0 Å². The van der Waals surface area contributed by atoms with Gasteiger partial charge in [0.15, 0.2) is 0 Å². The zero-order chi connectivity index (χ0) is 24.0. The maximum atomic E-state index is 14.0. The molecule has 3 rings (SSSR count). The van der Waals surface area contributed by atoms with E-state index in [1.165, 1.54) is 25.3 Å². The van der Waals surface area contributed by atoms with E-state index in [2.05, 4.69) is 10.6 Å². The fourth-order valence-corrected chi connectivity index (χ4v) is 3.51. The number of hydrogen-bond acceptors (Lipinski definition) is 6. The van der Waals surface area contributed by atoms with Crippen molar-refractivity contribution in [2.45, 2.75) is 19.4 Å². The Morgan fingerprint density at radius 2 is 1.85 bits per heavy atom. The van der Waals surface area contributed by atoms with Crippen LogP contribution in [0, 0.1) is 5.82 Å². The van der Waals surface area contributed by atoms with Crippen LogP contribution in [0.2, 0.25) is 5.02 Å². The minimum absolute atomic E-state index is 0.00535. The lowest BCUT2D eigenvalue weighted by Crippen LogP contribution is -2.47. The van der Waals surface area contributed by atoms with Gasteiger partial charge >= 0.3 is 18.0 Å². The Labute approximate surface area is 194 Å². The molecule has 1 atom stereocenters. The molecule has 1 aliphatic heterocycles. The number of methoxy groups -OCH3 is 1. The van der Waals surface area contributed by atoms with Crippen molar-refractivity contribution in [3.8, 4) is 5.75 Å². The summed E-state index contributed by atoms with van der Waals surface area (Å²) in [4.78, 5) is 37.4. The van der Waals surface area contributed by atoms with Crippen molar-refractivity contribution in [1.29, 1.82) is 0 Å². The number of carbonyl (C=O) groups excluding carboxylic acids is 3. The molecule has 0 radical (unpaired) electrons. The Hall–Kier alpha value is -3.59. The van der Waals surface area contributed by atoms with E-state index in [0.717, 1.165) is 0 Å². The normalized spacial score (nSPS) is 15.4. The molecule has 2 aromatic rings. The zero-order valence-electron chi connectivity index (χ0n) is 17.9. The quantitative estimate of drug-likeness (QED) is 0.566. The summed E-state index contributed by atoms with van der Waals surface area (Å²) in [6, 6.07) is 9.38. The Morgan fingerprint density at radius 3 is 2.48 bits per heavy atom. The van der Waals surface area contributed by atoms with Crippen molar-refractivity contribution < 1.29 is 33.0 Å². The topological polar surface area (TPSA) is 103 Å². The summed E-state index contributed by atoms with van der Waals surface area (Å²) in [7, 11) is 1.52. The van der Waals surface area contributed by atoms with Gasteiger partial charge in [-0.25, -0.2) is 14.0 Å². The number of halogens is 2. The highest BCUT2D eigenvalue weighted by Gasteiger charge is 2.34. The maximum absolute atomic E-state index is 14.0. The number of hydrogen-bond donors (Lipinski definition) is 2. The Kier molecular flexibility index (Phi) is 7.89. The molecule has 1 heterocycles. The maximum Gasteiger partial charge on any atom is 0.338 e. The van der Waals surface area contributed by atoms with Gasteiger partial charge in [0, 0.05) is 10.6 Å². The Bertz CT molecular complexity index is 1070. The lowest BCUT2D eigenvalue weighted by molar-refractivity contribution is -0.143. The average molecular weight is 477 g/mol. The summed E-state index contributed by atoms with van der Waals surface area (Å²) >= 11 is 5.96. The van der Waals surface area contributed by atoms with Gasteiger partial charge in [0.1, 0.15) is 18.2 Å². The minimum atomic E-state index is -0.849. The number of benzene rings is 2. The second-order valence-electron chi connectivity index (χ2n) is 6.96. The Balaban J connectivity index is 1.86. The third-order valence-electron chi connectivity index (χ3n) is 4.86. The van der Waals surface area contributed by atoms with Gasteiger partial charge in [-0.15, -0.1) is 0 Å². The summed E-state index contributed by atoms with van der Waals surface area (Å²) < 4.78 is 29.5. The lowest BCUT2D eigenvalue weighted by Gasteiger charge is -2.29. The van der Waals surface area contributed by atoms with Crippen LogP contribution in [0.15, 0.2) is 53.7 Å². The van der Waals surface area contributed by atoms with Crippen LogP contribution in [-0.4, -0.2) is 38.3 Å². The molecule has 10 heteroatoms. The summed E-state index contributed by atoms with van der Waals surface area (Å²) in [5.74, 6) is -1.51. The van der Waals surface area contributed by atoms with E-state index in [4.69, 9.17) is 25.8 Å². The van der Waals surface area contributed by atoms with Crippen LogP contribution < -0.4 is 15.4 Å². The van der Waals surface area contributed by atoms with Crippen molar-refractivity contribution in [2.75, 3.05) is 20.3 Å². The summed E-state index contributed by atoms with van der Waals surface area (Å²) in [5.41, 5.74) is 0.731. The molecule has 0 aliphatic carbocycles. The molecule has 0 aromatic heterocycles. The second-order valence-corrected chi connectivity index (χ2v) is 7.36. The molecule has 1 aliphatic rings. The van der Waals surface area contributed by atoms with Crippen LogP contribution in [0.3, 0.4) is 0 Å². The van der Waals surface area contributed by atoms with Crippen LogP contribution >= 0.6 is 11.6 Å². The molecule has 0 saturated heterocycles. The first-order valence-corrected chi connectivity index (χ1v) is 10.4. The van der Waals surface area contributed by atoms with Crippen molar-refractivity contribution in [2.24, 2.45) is 0 Å².